The van der Waals surface area contributed by atoms with Gasteiger partial charge in [-0.15, -0.1) is 0 Å². The third-order valence-electron chi connectivity index (χ3n) is 3.60. The van der Waals surface area contributed by atoms with Crippen molar-refractivity contribution in [3.63, 3.8) is 0 Å². The number of nitrogen functional groups attached to an aromatic ring is 1. The summed E-state index contributed by atoms with van der Waals surface area (Å²) in [6.45, 7) is 5.46. The summed E-state index contributed by atoms with van der Waals surface area (Å²) in [5.74, 6) is -0.205. The molecule has 0 amide bonds. The van der Waals surface area contributed by atoms with Crippen molar-refractivity contribution in [3.8, 4) is 22.9 Å². The Morgan fingerprint density at radius 3 is 2.42 bits per heavy atom. The molecule has 1 aromatic heterocycles. The van der Waals surface area contributed by atoms with Crippen LogP contribution in [0, 0.1) is 11.3 Å². The fraction of sp³-hybridized carbons (Fsp3) is 0.278. The first kappa shape index (κ1) is 17.3. The smallest absolute Gasteiger partial charge is 0.344 e. The van der Waals surface area contributed by atoms with Crippen molar-refractivity contribution < 1.29 is 14.6 Å². The Labute approximate surface area is 140 Å². The van der Waals surface area contributed by atoms with Crippen LogP contribution in [0.15, 0.2) is 30.3 Å². The largest absolute Gasteiger partial charge is 0.479 e. The number of hydrogen-bond acceptors (Lipinski definition) is 5. The minimum atomic E-state index is -1.03. The standard InChI is InChI=1S/C18H19N3O3/c1-10(2)16-8-14(15(9-19)17(20)21-16)12-4-6-13(7-5-12)24-11(3)18(22)23/h4-8,10-11H,1-3H3,(H2,20,21)(H,22,23)/t11-/m1/s1. The maximum absolute atomic E-state index is 10.8. The third kappa shape index (κ3) is 3.63. The first-order valence-corrected chi connectivity index (χ1v) is 7.54. The summed E-state index contributed by atoms with van der Waals surface area (Å²) in [7, 11) is 0. The van der Waals surface area contributed by atoms with E-state index >= 15 is 0 Å². The quantitative estimate of drug-likeness (QED) is 0.873. The Morgan fingerprint density at radius 1 is 1.29 bits per heavy atom. The maximum Gasteiger partial charge on any atom is 0.344 e. The molecule has 0 bridgehead atoms. The Bertz CT molecular complexity index is 792. The summed E-state index contributed by atoms with van der Waals surface area (Å²) in [5, 5.41) is 18.2. The second-order valence-electron chi connectivity index (χ2n) is 5.74. The van der Waals surface area contributed by atoms with Crippen LogP contribution >= 0.6 is 0 Å². The van der Waals surface area contributed by atoms with Crippen LogP contribution in [-0.2, 0) is 4.79 Å². The van der Waals surface area contributed by atoms with Crippen LogP contribution in [0.5, 0.6) is 5.75 Å². The lowest BCUT2D eigenvalue weighted by Gasteiger charge is -2.13. The molecule has 3 N–H and O–H groups in total. The fourth-order valence-corrected chi connectivity index (χ4v) is 2.19. The second-order valence-corrected chi connectivity index (χ2v) is 5.74. The van der Waals surface area contributed by atoms with Gasteiger partial charge in [0, 0.05) is 11.3 Å². The Morgan fingerprint density at radius 2 is 1.92 bits per heavy atom. The van der Waals surface area contributed by atoms with E-state index in [2.05, 4.69) is 11.1 Å². The van der Waals surface area contributed by atoms with E-state index in [9.17, 15) is 10.1 Å². The molecule has 124 valence electrons. The van der Waals surface area contributed by atoms with Gasteiger partial charge in [-0.25, -0.2) is 9.78 Å². The molecular formula is C18H19N3O3. The highest BCUT2D eigenvalue weighted by Crippen LogP contribution is 2.30. The van der Waals surface area contributed by atoms with Gasteiger partial charge in [0.25, 0.3) is 0 Å². The lowest BCUT2D eigenvalue weighted by atomic mass is 9.97. The van der Waals surface area contributed by atoms with Crippen LogP contribution in [0.1, 0.15) is 37.9 Å². The monoisotopic (exact) mass is 325 g/mol. The number of nitrogens with two attached hydrogens (primary N) is 1. The highest BCUT2D eigenvalue weighted by Gasteiger charge is 2.15. The molecule has 0 aliphatic carbocycles. The summed E-state index contributed by atoms with van der Waals surface area (Å²) in [5.41, 5.74) is 8.54. The highest BCUT2D eigenvalue weighted by molar-refractivity contribution is 5.76. The van der Waals surface area contributed by atoms with Gasteiger partial charge in [-0.3, -0.25) is 0 Å². The van der Waals surface area contributed by atoms with Crippen molar-refractivity contribution in [2.75, 3.05) is 5.73 Å². The van der Waals surface area contributed by atoms with E-state index < -0.39 is 12.1 Å². The molecule has 0 aliphatic rings. The molecule has 1 atom stereocenters. The Balaban J connectivity index is 2.41. The van der Waals surface area contributed by atoms with E-state index in [0.29, 0.717) is 16.9 Å². The predicted octanol–water partition coefficient (Wildman–Crippen LogP) is 3.18. The van der Waals surface area contributed by atoms with Crippen molar-refractivity contribution in [1.82, 2.24) is 4.98 Å². The Hall–Kier alpha value is -3.07. The molecule has 0 saturated carbocycles. The molecule has 0 saturated heterocycles. The first-order chi connectivity index (χ1) is 11.3. The number of aromatic nitrogens is 1. The number of nitriles is 1. The number of anilines is 1. The number of pyridine rings is 1. The number of ether oxygens (including phenoxy) is 1. The van der Waals surface area contributed by atoms with Gasteiger partial charge in [-0.1, -0.05) is 26.0 Å². The number of carboxylic acids is 1. The molecule has 0 aliphatic heterocycles. The number of carboxylic acid groups (broad SMARTS) is 1. The summed E-state index contributed by atoms with van der Waals surface area (Å²) < 4.78 is 5.31. The molecule has 1 heterocycles. The lowest BCUT2D eigenvalue weighted by molar-refractivity contribution is -0.144. The van der Waals surface area contributed by atoms with Crippen LogP contribution in [0.2, 0.25) is 0 Å². The zero-order chi connectivity index (χ0) is 17.9. The minimum absolute atomic E-state index is 0.179. The number of benzene rings is 1. The average Bonchev–Trinajstić information content (AvgIpc) is 2.54. The highest BCUT2D eigenvalue weighted by atomic mass is 16.5. The van der Waals surface area contributed by atoms with Crippen molar-refractivity contribution in [2.45, 2.75) is 32.8 Å². The molecule has 6 heteroatoms. The van der Waals surface area contributed by atoms with E-state index in [4.69, 9.17) is 15.6 Å². The van der Waals surface area contributed by atoms with Crippen molar-refractivity contribution in [1.29, 1.82) is 5.26 Å². The summed E-state index contributed by atoms with van der Waals surface area (Å²) in [4.78, 5) is 15.1. The first-order valence-electron chi connectivity index (χ1n) is 7.54. The van der Waals surface area contributed by atoms with Crippen molar-refractivity contribution in [2.24, 2.45) is 0 Å². The van der Waals surface area contributed by atoms with E-state index in [1.807, 2.05) is 19.9 Å². The topological polar surface area (TPSA) is 109 Å². The van der Waals surface area contributed by atoms with Crippen LogP contribution < -0.4 is 10.5 Å². The summed E-state index contributed by atoms with van der Waals surface area (Å²) >= 11 is 0. The second kappa shape index (κ2) is 7.01. The van der Waals surface area contributed by atoms with Gasteiger partial charge in [0.1, 0.15) is 23.2 Å². The number of aliphatic carboxylic acids is 1. The van der Waals surface area contributed by atoms with E-state index in [1.54, 1.807) is 24.3 Å². The molecule has 0 spiro atoms. The van der Waals surface area contributed by atoms with Gasteiger partial charge in [0.2, 0.25) is 0 Å². The zero-order valence-corrected chi connectivity index (χ0v) is 13.8. The van der Waals surface area contributed by atoms with Crippen LogP contribution in [0.3, 0.4) is 0 Å². The van der Waals surface area contributed by atoms with Crippen molar-refractivity contribution in [3.05, 3.63) is 41.6 Å². The van der Waals surface area contributed by atoms with Gasteiger partial charge >= 0.3 is 5.97 Å². The normalized spacial score (nSPS) is 11.8. The van der Waals surface area contributed by atoms with Gasteiger partial charge in [0.05, 0.1) is 0 Å². The minimum Gasteiger partial charge on any atom is -0.479 e. The molecular weight excluding hydrogens is 306 g/mol. The van der Waals surface area contributed by atoms with Crippen molar-refractivity contribution >= 4 is 11.8 Å². The molecule has 0 unspecified atom stereocenters. The zero-order valence-electron chi connectivity index (χ0n) is 13.8. The number of carbonyl (C=O) groups is 1. The lowest BCUT2D eigenvalue weighted by Crippen LogP contribution is -2.22. The van der Waals surface area contributed by atoms with Gasteiger partial charge < -0.3 is 15.6 Å². The fourth-order valence-electron chi connectivity index (χ4n) is 2.19. The number of hydrogen-bond donors (Lipinski definition) is 2. The van der Waals surface area contributed by atoms with Crippen LogP contribution in [0.25, 0.3) is 11.1 Å². The predicted molar refractivity (Wildman–Crippen MR) is 90.6 cm³/mol. The number of rotatable bonds is 5. The van der Waals surface area contributed by atoms with E-state index in [0.717, 1.165) is 11.3 Å². The van der Waals surface area contributed by atoms with Gasteiger partial charge in [0.15, 0.2) is 6.10 Å². The Kier molecular flexibility index (Phi) is 5.05. The van der Waals surface area contributed by atoms with Gasteiger partial charge in [-0.2, -0.15) is 5.26 Å². The molecule has 2 aromatic rings. The van der Waals surface area contributed by atoms with E-state index in [-0.39, 0.29) is 11.7 Å². The maximum atomic E-state index is 10.8. The molecule has 2 rings (SSSR count). The third-order valence-corrected chi connectivity index (χ3v) is 3.60. The molecule has 0 fully saturated rings. The molecule has 1 aromatic carbocycles. The number of nitrogens with zero attached hydrogens (tertiary/aromatic N) is 2. The molecule has 6 nitrogen and oxygen atoms in total. The van der Waals surface area contributed by atoms with Crippen LogP contribution in [-0.4, -0.2) is 22.2 Å². The molecule has 24 heavy (non-hydrogen) atoms. The van der Waals surface area contributed by atoms with Crippen LogP contribution in [0.4, 0.5) is 5.82 Å². The molecule has 0 radical (unpaired) electrons. The van der Waals surface area contributed by atoms with E-state index in [1.165, 1.54) is 6.92 Å². The summed E-state index contributed by atoms with van der Waals surface area (Å²) in [6.07, 6.45) is -0.936. The average molecular weight is 325 g/mol. The SMILES string of the molecule is CC(C)c1cc(-c2ccc(O[C@H](C)C(=O)O)cc2)c(C#N)c(N)n1. The van der Waals surface area contributed by atoms with Gasteiger partial charge in [-0.05, 0) is 36.6 Å². The summed E-state index contributed by atoms with van der Waals surface area (Å²) in [6, 6.07) is 10.8.